The number of anilines is 3. The summed E-state index contributed by atoms with van der Waals surface area (Å²) in [5.74, 6) is -1.48. The van der Waals surface area contributed by atoms with Gasteiger partial charge in [0.15, 0.2) is 0 Å². The Labute approximate surface area is 313 Å². The lowest BCUT2D eigenvalue weighted by Crippen LogP contribution is -2.30. The summed E-state index contributed by atoms with van der Waals surface area (Å²) in [7, 11) is 0. The molecule has 1 atom stereocenters. The third kappa shape index (κ3) is 9.17. The minimum atomic E-state index is -0.780. The molecule has 262 valence electrons. The molecule has 0 fully saturated rings. The Morgan fingerprint density at radius 1 is 0.774 bits per heavy atom. The fourth-order valence-electron chi connectivity index (χ4n) is 5.18. The number of thioether (sulfide) groups is 1. The van der Waals surface area contributed by atoms with Crippen LogP contribution >= 0.6 is 23.1 Å². The second-order valence-electron chi connectivity index (χ2n) is 11.5. The molecule has 1 unspecified atom stereocenters. The van der Waals surface area contributed by atoms with Crippen molar-refractivity contribution in [2.75, 3.05) is 16.0 Å². The first-order valence-corrected chi connectivity index (χ1v) is 17.9. The minimum Gasteiger partial charge on any atom is -0.465 e. The Balaban J connectivity index is 1.22. The van der Waals surface area contributed by atoms with E-state index in [1.54, 1.807) is 91.9 Å². The second-order valence-corrected chi connectivity index (χ2v) is 13.7. The number of hydrogen-bond donors (Lipinski definition) is 4. The Kier molecular flexibility index (Phi) is 11.6. The lowest BCUT2D eigenvalue weighted by atomic mass is 10.1. The molecule has 4 amide bonds. The Bertz CT molecular complexity index is 2320. The number of nitriles is 1. The van der Waals surface area contributed by atoms with Gasteiger partial charge in [0, 0.05) is 27.9 Å². The molecule has 2 aromatic heterocycles. The highest BCUT2D eigenvalue weighted by molar-refractivity contribution is 8.00. The van der Waals surface area contributed by atoms with Crippen LogP contribution in [-0.4, -0.2) is 23.6 Å². The number of rotatable bonds is 12. The molecule has 0 bridgehead atoms. The largest absolute Gasteiger partial charge is 0.465 e. The van der Waals surface area contributed by atoms with Crippen LogP contribution in [0.2, 0.25) is 0 Å². The summed E-state index contributed by atoms with van der Waals surface area (Å²) in [6.07, 6.45) is 2.89. The zero-order valence-corrected chi connectivity index (χ0v) is 29.8. The molecule has 4 N–H and O–H groups in total. The van der Waals surface area contributed by atoms with Gasteiger partial charge < -0.3 is 25.7 Å². The van der Waals surface area contributed by atoms with Gasteiger partial charge >= 0.3 is 0 Å². The summed E-state index contributed by atoms with van der Waals surface area (Å²) in [5.41, 5.74) is 2.74. The quantitative estimate of drug-likeness (QED) is 0.0724. The number of nitrogens with one attached hydrogen (secondary N) is 4. The highest BCUT2D eigenvalue weighted by atomic mass is 32.2. The molecule has 0 saturated carbocycles. The van der Waals surface area contributed by atoms with E-state index in [2.05, 4.69) is 27.3 Å². The number of thiophene rings is 1. The average Bonchev–Trinajstić information content (AvgIpc) is 3.81. The van der Waals surface area contributed by atoms with Crippen LogP contribution < -0.4 is 21.3 Å². The van der Waals surface area contributed by atoms with Crippen LogP contribution in [0.1, 0.15) is 47.7 Å². The number of carbonyl (C=O) groups is 4. The predicted octanol–water partition coefficient (Wildman–Crippen LogP) is 8.66. The van der Waals surface area contributed by atoms with Crippen molar-refractivity contribution in [2.45, 2.75) is 17.1 Å². The lowest BCUT2D eigenvalue weighted by Gasteiger charge is -2.17. The van der Waals surface area contributed by atoms with Crippen molar-refractivity contribution in [2.24, 2.45) is 0 Å². The fraction of sp³-hybridized carbons (Fsp3) is 0.0488. The molecular weight excluding hydrogens is 707 g/mol. The van der Waals surface area contributed by atoms with Crippen molar-refractivity contribution in [1.29, 1.82) is 5.26 Å². The van der Waals surface area contributed by atoms with E-state index in [4.69, 9.17) is 4.42 Å². The van der Waals surface area contributed by atoms with Gasteiger partial charge in [0.25, 0.3) is 17.7 Å². The van der Waals surface area contributed by atoms with Gasteiger partial charge in [-0.2, -0.15) is 5.26 Å². The second kappa shape index (κ2) is 17.0. The molecular formula is C41H31N5O5S2. The van der Waals surface area contributed by atoms with Gasteiger partial charge in [-0.25, -0.2) is 0 Å². The third-order valence-corrected chi connectivity index (χ3v) is 10.2. The molecule has 6 aromatic rings. The van der Waals surface area contributed by atoms with E-state index in [-0.39, 0.29) is 22.2 Å². The van der Waals surface area contributed by atoms with Gasteiger partial charge in [0.2, 0.25) is 5.91 Å². The molecule has 4 aromatic carbocycles. The van der Waals surface area contributed by atoms with Crippen LogP contribution in [0.25, 0.3) is 6.08 Å². The number of para-hydroxylation sites is 1. The highest BCUT2D eigenvalue weighted by Gasteiger charge is 2.27. The van der Waals surface area contributed by atoms with Crippen molar-refractivity contribution >= 4 is 69.2 Å². The molecule has 10 nitrogen and oxygen atoms in total. The smallest absolute Gasteiger partial charge is 0.272 e. The van der Waals surface area contributed by atoms with Crippen molar-refractivity contribution < 1.29 is 23.6 Å². The van der Waals surface area contributed by atoms with E-state index < -0.39 is 23.0 Å². The first-order chi connectivity index (χ1) is 25.8. The van der Waals surface area contributed by atoms with E-state index >= 15 is 0 Å². The average molecular weight is 738 g/mol. The monoisotopic (exact) mass is 737 g/mol. The SMILES string of the molecule is Cc1c(C(=O)Nc2ccccc2)sc(NC(=O)C(Sc2cccc(NC(=O)/C(=C/c3ccco3)NC(=O)c3ccccc3)c2)c2ccccc2)c1C#N. The topological polar surface area (TPSA) is 153 Å². The Hall–Kier alpha value is -6.68. The molecule has 6 rings (SSSR count). The van der Waals surface area contributed by atoms with E-state index in [9.17, 15) is 24.4 Å². The molecule has 2 heterocycles. The van der Waals surface area contributed by atoms with Gasteiger partial charge in [-0.15, -0.1) is 23.1 Å². The number of nitrogens with zero attached hydrogens (tertiary/aromatic N) is 1. The van der Waals surface area contributed by atoms with Crippen LogP contribution in [0, 0.1) is 18.3 Å². The molecule has 0 aliphatic heterocycles. The molecule has 53 heavy (non-hydrogen) atoms. The molecule has 12 heteroatoms. The molecule has 0 aliphatic rings. The van der Waals surface area contributed by atoms with E-state index in [0.717, 1.165) is 11.3 Å². The normalized spacial score (nSPS) is 11.5. The number of carbonyl (C=O) groups excluding carboxylic acids is 4. The number of amides is 4. The Morgan fingerprint density at radius 2 is 1.45 bits per heavy atom. The van der Waals surface area contributed by atoms with E-state index in [1.807, 2.05) is 42.5 Å². The summed E-state index contributed by atoms with van der Waals surface area (Å²) in [6.45, 7) is 1.68. The van der Waals surface area contributed by atoms with Crippen molar-refractivity contribution in [3.05, 3.63) is 172 Å². The van der Waals surface area contributed by atoms with Gasteiger partial charge in [0.1, 0.15) is 27.8 Å². The first kappa shape index (κ1) is 36.1. The molecule has 0 saturated heterocycles. The zero-order valence-electron chi connectivity index (χ0n) is 28.2. The third-order valence-electron chi connectivity index (χ3n) is 7.78. The standard InChI is InChI=1S/C41H31N5O5S2/c1-26-33(25-42)41(53-35(26)39(49)43-29-17-9-4-10-18-29)46-40(50)36(27-13-5-2-6-14-27)52-32-21-11-19-30(23-32)44-38(48)34(24-31-20-12-22-51-31)45-37(47)28-15-7-3-8-16-28/h2-24,36H,1H3,(H,43,49)(H,44,48)(H,45,47)(H,46,50)/b34-24-. The maximum atomic E-state index is 14.0. The summed E-state index contributed by atoms with van der Waals surface area (Å²) in [6, 6.07) is 39.1. The van der Waals surface area contributed by atoms with Crippen LogP contribution in [0.3, 0.4) is 0 Å². The van der Waals surface area contributed by atoms with E-state index in [0.29, 0.717) is 43.6 Å². The maximum Gasteiger partial charge on any atom is 0.272 e. The summed E-state index contributed by atoms with van der Waals surface area (Å²) in [4.78, 5) is 54.7. The zero-order chi connectivity index (χ0) is 37.2. The summed E-state index contributed by atoms with van der Waals surface area (Å²) >= 11 is 2.28. The van der Waals surface area contributed by atoms with Gasteiger partial charge in [0.05, 0.1) is 16.7 Å². The first-order valence-electron chi connectivity index (χ1n) is 16.2. The Morgan fingerprint density at radius 3 is 2.13 bits per heavy atom. The van der Waals surface area contributed by atoms with Crippen LogP contribution in [0.4, 0.5) is 16.4 Å². The number of furan rings is 1. The minimum absolute atomic E-state index is 0.0373. The van der Waals surface area contributed by atoms with Gasteiger partial charge in [-0.3, -0.25) is 19.2 Å². The van der Waals surface area contributed by atoms with Gasteiger partial charge in [-0.1, -0.05) is 72.8 Å². The number of hydrogen-bond acceptors (Lipinski definition) is 8. The lowest BCUT2D eigenvalue weighted by molar-refractivity contribution is -0.116. The predicted molar refractivity (Wildman–Crippen MR) is 208 cm³/mol. The van der Waals surface area contributed by atoms with Crippen LogP contribution in [-0.2, 0) is 9.59 Å². The maximum absolute atomic E-state index is 14.0. The molecule has 0 radical (unpaired) electrons. The van der Waals surface area contributed by atoms with Crippen molar-refractivity contribution in [3.8, 4) is 6.07 Å². The molecule has 0 spiro atoms. The highest BCUT2D eigenvalue weighted by Crippen LogP contribution is 2.39. The van der Waals surface area contributed by atoms with Crippen LogP contribution in [0.15, 0.2) is 149 Å². The summed E-state index contributed by atoms with van der Waals surface area (Å²) < 4.78 is 5.39. The summed E-state index contributed by atoms with van der Waals surface area (Å²) in [5, 5.41) is 20.8. The fourth-order valence-corrected chi connectivity index (χ4v) is 7.32. The van der Waals surface area contributed by atoms with Crippen molar-refractivity contribution in [3.63, 3.8) is 0 Å². The van der Waals surface area contributed by atoms with E-state index in [1.165, 1.54) is 24.1 Å². The molecule has 0 aliphatic carbocycles. The van der Waals surface area contributed by atoms with Crippen molar-refractivity contribution in [1.82, 2.24) is 5.32 Å². The number of benzene rings is 4. The van der Waals surface area contributed by atoms with Crippen LogP contribution in [0.5, 0.6) is 0 Å². The van der Waals surface area contributed by atoms with Gasteiger partial charge in [-0.05, 0) is 72.6 Å².